The van der Waals surface area contributed by atoms with Crippen molar-refractivity contribution in [3.05, 3.63) is 36.5 Å². The Kier molecular flexibility index (Phi) is 58.0. The summed E-state index contributed by atoms with van der Waals surface area (Å²) in [5, 5.41) is 23.1. The second kappa shape index (κ2) is 59.6. The number of carbonyl (C=O) groups is 2. The predicted molar refractivity (Wildman–Crippen MR) is 306 cm³/mol. The number of allylic oxidation sites excluding steroid dienone is 5. The van der Waals surface area contributed by atoms with Crippen molar-refractivity contribution < 1.29 is 24.5 Å². The van der Waals surface area contributed by atoms with Crippen LogP contribution in [0.15, 0.2) is 36.5 Å². The van der Waals surface area contributed by atoms with Crippen molar-refractivity contribution in [3.8, 4) is 0 Å². The quantitative estimate of drug-likeness (QED) is 0.0321. The summed E-state index contributed by atoms with van der Waals surface area (Å²) in [4.78, 5) is 24.5. The Labute approximate surface area is 436 Å². The van der Waals surface area contributed by atoms with Crippen molar-refractivity contribution in [2.75, 3.05) is 13.2 Å². The molecule has 0 aliphatic carbocycles. The number of ether oxygens (including phenoxy) is 1. The Balaban J connectivity index is 3.37. The lowest BCUT2D eigenvalue weighted by molar-refractivity contribution is -0.143. The molecule has 0 fully saturated rings. The zero-order valence-corrected chi connectivity index (χ0v) is 47.0. The average Bonchev–Trinajstić information content (AvgIpc) is 3.36. The Morgan fingerprint density at radius 1 is 0.400 bits per heavy atom. The number of unbranched alkanes of at least 4 members (excludes halogenated alkanes) is 43. The normalized spacial score (nSPS) is 12.8. The molecule has 0 saturated heterocycles. The maximum absolute atomic E-state index is 12.4. The van der Waals surface area contributed by atoms with E-state index >= 15 is 0 Å². The Morgan fingerprint density at radius 2 is 0.714 bits per heavy atom. The van der Waals surface area contributed by atoms with E-state index in [9.17, 15) is 19.8 Å². The molecule has 6 nitrogen and oxygen atoms in total. The summed E-state index contributed by atoms with van der Waals surface area (Å²) in [6.45, 7) is 4.88. The van der Waals surface area contributed by atoms with Gasteiger partial charge in [-0.2, -0.15) is 0 Å². The third-order valence-electron chi connectivity index (χ3n) is 14.4. The molecule has 0 unspecified atom stereocenters. The minimum Gasteiger partial charge on any atom is -0.466 e. The highest BCUT2D eigenvalue weighted by Crippen LogP contribution is 2.18. The van der Waals surface area contributed by atoms with Crippen LogP contribution in [0.25, 0.3) is 0 Å². The lowest BCUT2D eigenvalue weighted by atomic mass is 10.0. The van der Waals surface area contributed by atoms with Crippen LogP contribution in [0.2, 0.25) is 0 Å². The molecule has 0 saturated carbocycles. The molecule has 0 aromatic rings. The van der Waals surface area contributed by atoms with E-state index in [4.69, 9.17) is 4.74 Å². The van der Waals surface area contributed by atoms with Crippen LogP contribution < -0.4 is 5.32 Å². The van der Waals surface area contributed by atoms with Crippen LogP contribution in [0.4, 0.5) is 0 Å². The molecule has 1 amide bonds. The van der Waals surface area contributed by atoms with Crippen molar-refractivity contribution in [2.24, 2.45) is 0 Å². The highest BCUT2D eigenvalue weighted by molar-refractivity contribution is 5.76. The molecule has 6 heteroatoms. The van der Waals surface area contributed by atoms with Crippen molar-refractivity contribution in [2.45, 2.75) is 347 Å². The van der Waals surface area contributed by atoms with Crippen molar-refractivity contribution >= 4 is 11.9 Å². The summed E-state index contributed by atoms with van der Waals surface area (Å²) < 4.78 is 5.48. The van der Waals surface area contributed by atoms with Gasteiger partial charge in [0.05, 0.1) is 25.4 Å². The average molecular weight is 985 g/mol. The van der Waals surface area contributed by atoms with Gasteiger partial charge in [-0.3, -0.25) is 9.59 Å². The molecule has 2 atom stereocenters. The monoisotopic (exact) mass is 984 g/mol. The van der Waals surface area contributed by atoms with E-state index in [2.05, 4.69) is 43.5 Å². The van der Waals surface area contributed by atoms with Gasteiger partial charge in [0, 0.05) is 12.8 Å². The number of aliphatic hydroxyl groups is 2. The van der Waals surface area contributed by atoms with E-state index in [0.29, 0.717) is 19.4 Å². The van der Waals surface area contributed by atoms with Gasteiger partial charge in [-0.1, -0.05) is 294 Å². The van der Waals surface area contributed by atoms with E-state index in [1.807, 2.05) is 6.08 Å². The molecule has 0 spiro atoms. The highest BCUT2D eigenvalue weighted by Gasteiger charge is 2.18. The molecule has 0 rings (SSSR count). The zero-order chi connectivity index (χ0) is 50.7. The SMILES string of the molecule is CCCCC/C=C\C/C=C\CCCCCCCC(=O)OCCCCCCCCCCCCCCCCCCCCCCCCCCCC(=O)N[C@@H](CO)[C@H](O)/C=C/CCCCCCCCCCCCC. The fraction of sp³-hybridized carbons (Fsp3) is 0.875. The standard InChI is InChI=1S/C64H121NO5/c1-3-5-7-9-11-13-15-17-29-34-38-42-46-50-54-58-64(69)70-59-55-51-47-43-39-35-31-28-26-24-22-20-18-19-21-23-25-27-30-33-37-41-45-49-53-57-63(68)65-61(60-66)62(67)56-52-48-44-40-36-32-16-14-12-10-8-6-4-2/h11,13,17,29,52,56,61-62,66-67H,3-10,12,14-16,18-28,30-51,53-55,57-60H2,1-2H3,(H,65,68)/b13-11-,29-17-,56-52+/t61-,62+/m0/s1. The minimum absolute atomic E-state index is 0.00186. The van der Waals surface area contributed by atoms with Gasteiger partial charge in [0.15, 0.2) is 0 Å². The molecule has 0 bridgehead atoms. The number of aliphatic hydroxyl groups excluding tert-OH is 2. The van der Waals surface area contributed by atoms with E-state index in [1.54, 1.807) is 6.08 Å². The lowest BCUT2D eigenvalue weighted by Crippen LogP contribution is -2.45. The number of hydrogen-bond donors (Lipinski definition) is 3. The van der Waals surface area contributed by atoms with E-state index in [-0.39, 0.29) is 18.5 Å². The Hall–Kier alpha value is -1.92. The number of carbonyl (C=O) groups excluding carboxylic acids is 2. The molecule has 70 heavy (non-hydrogen) atoms. The second-order valence-electron chi connectivity index (χ2n) is 21.4. The summed E-state index contributed by atoms with van der Waals surface area (Å²) in [5.74, 6) is -0.0641. The van der Waals surface area contributed by atoms with Gasteiger partial charge in [0.25, 0.3) is 0 Å². The maximum atomic E-state index is 12.4. The summed E-state index contributed by atoms with van der Waals surface area (Å²) in [6.07, 6.45) is 74.7. The molecule has 0 aliphatic heterocycles. The molecule has 0 aromatic carbocycles. The summed E-state index contributed by atoms with van der Waals surface area (Å²) in [7, 11) is 0. The van der Waals surface area contributed by atoms with Gasteiger partial charge in [-0.25, -0.2) is 0 Å². The maximum Gasteiger partial charge on any atom is 0.305 e. The van der Waals surface area contributed by atoms with Crippen LogP contribution in [-0.4, -0.2) is 47.4 Å². The fourth-order valence-electron chi connectivity index (χ4n) is 9.61. The number of hydrogen-bond acceptors (Lipinski definition) is 5. The van der Waals surface area contributed by atoms with Crippen molar-refractivity contribution in [1.29, 1.82) is 0 Å². The van der Waals surface area contributed by atoms with Crippen molar-refractivity contribution in [3.63, 3.8) is 0 Å². The van der Waals surface area contributed by atoms with Gasteiger partial charge in [0.2, 0.25) is 5.91 Å². The van der Waals surface area contributed by atoms with Crippen LogP contribution in [0, 0.1) is 0 Å². The van der Waals surface area contributed by atoms with Crippen LogP contribution in [-0.2, 0) is 14.3 Å². The summed E-state index contributed by atoms with van der Waals surface area (Å²) in [6, 6.07) is -0.626. The van der Waals surface area contributed by atoms with Gasteiger partial charge < -0.3 is 20.3 Å². The topological polar surface area (TPSA) is 95.9 Å². The molecule has 0 aliphatic rings. The Bertz CT molecular complexity index is 1130. The minimum atomic E-state index is -0.842. The number of amides is 1. The van der Waals surface area contributed by atoms with Crippen LogP contribution in [0.3, 0.4) is 0 Å². The number of esters is 1. The largest absolute Gasteiger partial charge is 0.466 e. The lowest BCUT2D eigenvalue weighted by Gasteiger charge is -2.20. The highest BCUT2D eigenvalue weighted by atomic mass is 16.5. The van der Waals surface area contributed by atoms with E-state index in [0.717, 1.165) is 51.4 Å². The van der Waals surface area contributed by atoms with Gasteiger partial charge in [0.1, 0.15) is 0 Å². The van der Waals surface area contributed by atoms with E-state index in [1.165, 1.54) is 257 Å². The summed E-state index contributed by atoms with van der Waals surface area (Å²) >= 11 is 0. The third-order valence-corrected chi connectivity index (χ3v) is 14.4. The first-order valence-corrected chi connectivity index (χ1v) is 31.3. The molecular formula is C64H121NO5. The third kappa shape index (κ3) is 55.4. The van der Waals surface area contributed by atoms with Crippen LogP contribution >= 0.6 is 0 Å². The first-order chi connectivity index (χ1) is 34.5. The smallest absolute Gasteiger partial charge is 0.305 e. The molecule has 0 aromatic heterocycles. The second-order valence-corrected chi connectivity index (χ2v) is 21.4. The predicted octanol–water partition coefficient (Wildman–Crippen LogP) is 19.6. The van der Waals surface area contributed by atoms with E-state index < -0.39 is 12.1 Å². The Morgan fingerprint density at radius 3 is 1.11 bits per heavy atom. The first kappa shape index (κ1) is 68.1. The molecule has 0 radical (unpaired) electrons. The van der Waals surface area contributed by atoms with Crippen LogP contribution in [0.5, 0.6) is 0 Å². The van der Waals surface area contributed by atoms with Gasteiger partial charge >= 0.3 is 5.97 Å². The summed E-state index contributed by atoms with van der Waals surface area (Å²) in [5.41, 5.74) is 0. The first-order valence-electron chi connectivity index (χ1n) is 31.3. The number of nitrogens with one attached hydrogen (secondary N) is 1. The van der Waals surface area contributed by atoms with Crippen LogP contribution in [0.1, 0.15) is 335 Å². The molecule has 412 valence electrons. The molecule has 3 N–H and O–H groups in total. The molecule has 0 heterocycles. The van der Waals surface area contributed by atoms with Gasteiger partial charge in [-0.05, 0) is 64.2 Å². The fourth-order valence-corrected chi connectivity index (χ4v) is 9.61. The van der Waals surface area contributed by atoms with Gasteiger partial charge in [-0.15, -0.1) is 0 Å². The number of rotatable bonds is 58. The molecular weight excluding hydrogens is 863 g/mol. The van der Waals surface area contributed by atoms with Crippen molar-refractivity contribution in [1.82, 2.24) is 5.32 Å². The zero-order valence-electron chi connectivity index (χ0n) is 47.0.